The summed E-state index contributed by atoms with van der Waals surface area (Å²) in [6.45, 7) is 5.41. The van der Waals surface area contributed by atoms with Crippen molar-refractivity contribution in [2.24, 2.45) is 4.99 Å². The van der Waals surface area contributed by atoms with Gasteiger partial charge in [-0.3, -0.25) is 4.79 Å². The molecule has 2 aromatic rings. The summed E-state index contributed by atoms with van der Waals surface area (Å²) >= 11 is 11.9. The minimum Gasteiger partial charge on any atom is -0.426 e. The summed E-state index contributed by atoms with van der Waals surface area (Å²) in [5.41, 5.74) is 3.04. The van der Waals surface area contributed by atoms with Gasteiger partial charge in [0.05, 0.1) is 10.0 Å². The molecule has 1 aliphatic heterocycles. The van der Waals surface area contributed by atoms with Crippen LogP contribution in [0, 0.1) is 13.8 Å². The van der Waals surface area contributed by atoms with Crippen LogP contribution in [0.2, 0.25) is 10.0 Å². The van der Waals surface area contributed by atoms with Gasteiger partial charge in [-0.25, -0.2) is 9.79 Å². The van der Waals surface area contributed by atoms with Gasteiger partial charge in [0, 0.05) is 12.0 Å². The molecule has 0 bridgehead atoms. The maximum absolute atomic E-state index is 12.2. The highest BCUT2D eigenvalue weighted by atomic mass is 35.5. The number of carbonyl (C=O) groups is 2. The van der Waals surface area contributed by atoms with Crippen LogP contribution >= 0.6 is 23.2 Å². The first-order valence-electron chi connectivity index (χ1n) is 8.58. The molecule has 0 amide bonds. The molecule has 28 heavy (non-hydrogen) atoms. The molecule has 0 atom stereocenters. The lowest BCUT2D eigenvalue weighted by Crippen LogP contribution is -2.08. The van der Waals surface area contributed by atoms with E-state index in [1.807, 2.05) is 26.0 Å². The number of ether oxygens (including phenoxy) is 2. The molecule has 2 aromatic carbocycles. The van der Waals surface area contributed by atoms with E-state index in [-0.39, 0.29) is 17.6 Å². The van der Waals surface area contributed by atoms with E-state index in [9.17, 15) is 9.59 Å². The number of esters is 2. The van der Waals surface area contributed by atoms with E-state index >= 15 is 0 Å². The number of aliphatic imine (C=N–C) groups is 1. The number of benzene rings is 2. The minimum absolute atomic E-state index is 0.164. The second kappa shape index (κ2) is 8.17. The molecule has 1 heterocycles. The Bertz CT molecular complexity index is 1020. The number of hydrogen-bond acceptors (Lipinski definition) is 5. The number of carbonyl (C=O) groups excluding carboxylic acids is 2. The monoisotopic (exact) mass is 417 g/mol. The zero-order valence-electron chi connectivity index (χ0n) is 15.5. The number of halogens is 2. The zero-order chi connectivity index (χ0) is 20.4. The van der Waals surface area contributed by atoms with E-state index in [0.29, 0.717) is 27.8 Å². The van der Waals surface area contributed by atoms with Gasteiger partial charge in [-0.05, 0) is 66.9 Å². The SMILES string of the molecule is CCC(=O)Oc1c(C)cc(/C=C2\N=C(c3ccc(Cl)c(Cl)c3)OC2=O)cc1C. The summed E-state index contributed by atoms with van der Waals surface area (Å²) in [4.78, 5) is 28.0. The molecule has 7 heteroatoms. The van der Waals surface area contributed by atoms with Crippen molar-refractivity contribution >= 4 is 47.1 Å². The van der Waals surface area contributed by atoms with Crippen molar-refractivity contribution in [3.63, 3.8) is 0 Å². The summed E-state index contributed by atoms with van der Waals surface area (Å²) in [6.07, 6.45) is 1.92. The van der Waals surface area contributed by atoms with Gasteiger partial charge in [0.25, 0.3) is 0 Å². The Morgan fingerprint density at radius 2 is 1.82 bits per heavy atom. The third kappa shape index (κ3) is 4.26. The van der Waals surface area contributed by atoms with E-state index in [4.69, 9.17) is 32.7 Å². The molecule has 3 rings (SSSR count). The van der Waals surface area contributed by atoms with Gasteiger partial charge in [-0.15, -0.1) is 0 Å². The molecule has 0 unspecified atom stereocenters. The summed E-state index contributed by atoms with van der Waals surface area (Å²) < 4.78 is 10.6. The second-order valence-electron chi connectivity index (χ2n) is 6.28. The smallest absolute Gasteiger partial charge is 0.363 e. The first-order chi connectivity index (χ1) is 13.3. The first-order valence-corrected chi connectivity index (χ1v) is 9.34. The Labute approximate surface area is 172 Å². The topological polar surface area (TPSA) is 65.0 Å². The largest absolute Gasteiger partial charge is 0.426 e. The van der Waals surface area contributed by atoms with Crippen molar-refractivity contribution in [2.75, 3.05) is 0 Å². The van der Waals surface area contributed by atoms with Crippen molar-refractivity contribution in [3.8, 4) is 5.75 Å². The van der Waals surface area contributed by atoms with Crippen molar-refractivity contribution in [1.29, 1.82) is 0 Å². The fourth-order valence-electron chi connectivity index (χ4n) is 2.73. The maximum atomic E-state index is 12.2. The van der Waals surface area contributed by atoms with E-state index < -0.39 is 5.97 Å². The minimum atomic E-state index is -0.558. The van der Waals surface area contributed by atoms with Gasteiger partial charge in [-0.2, -0.15) is 0 Å². The summed E-state index contributed by atoms with van der Waals surface area (Å²) in [6, 6.07) is 8.51. The second-order valence-corrected chi connectivity index (χ2v) is 7.09. The Kier molecular flexibility index (Phi) is 5.87. The molecule has 0 N–H and O–H groups in total. The lowest BCUT2D eigenvalue weighted by atomic mass is 10.0. The standard InChI is InChI=1S/C21H17Cl2NO4/c1-4-18(25)27-19-11(2)7-13(8-12(19)3)9-17-21(26)28-20(24-17)14-5-6-15(22)16(23)10-14/h5-10H,4H2,1-3H3/b17-9-. The molecule has 0 fully saturated rings. The van der Waals surface area contributed by atoms with Gasteiger partial charge in [0.15, 0.2) is 5.70 Å². The van der Waals surface area contributed by atoms with Gasteiger partial charge < -0.3 is 9.47 Å². The number of cyclic esters (lactones) is 1. The fourth-order valence-corrected chi connectivity index (χ4v) is 3.03. The van der Waals surface area contributed by atoms with E-state index in [2.05, 4.69) is 4.99 Å². The molecule has 0 spiro atoms. The zero-order valence-corrected chi connectivity index (χ0v) is 17.0. The van der Waals surface area contributed by atoms with Crippen LogP contribution in [0.15, 0.2) is 41.0 Å². The highest BCUT2D eigenvalue weighted by molar-refractivity contribution is 6.42. The van der Waals surface area contributed by atoms with Crippen LogP contribution in [-0.2, 0) is 14.3 Å². The maximum Gasteiger partial charge on any atom is 0.363 e. The number of aryl methyl sites for hydroxylation is 2. The lowest BCUT2D eigenvalue weighted by Gasteiger charge is -2.11. The number of hydrogen-bond donors (Lipinski definition) is 0. The number of nitrogens with zero attached hydrogens (tertiary/aromatic N) is 1. The normalized spacial score (nSPS) is 14.8. The fraction of sp³-hybridized carbons (Fsp3) is 0.190. The molecule has 144 valence electrons. The van der Waals surface area contributed by atoms with Gasteiger partial charge >= 0.3 is 11.9 Å². The van der Waals surface area contributed by atoms with Crippen LogP contribution in [0.25, 0.3) is 6.08 Å². The molecule has 0 aromatic heterocycles. The average Bonchev–Trinajstić information content (AvgIpc) is 3.00. The van der Waals surface area contributed by atoms with Gasteiger partial charge in [0.2, 0.25) is 5.90 Å². The number of rotatable bonds is 4. The molecule has 0 aliphatic carbocycles. The van der Waals surface area contributed by atoms with Crippen LogP contribution in [0.1, 0.15) is 35.6 Å². The van der Waals surface area contributed by atoms with Crippen LogP contribution < -0.4 is 4.74 Å². The molecule has 1 aliphatic rings. The van der Waals surface area contributed by atoms with Gasteiger partial charge in [0.1, 0.15) is 5.75 Å². The third-order valence-corrected chi connectivity index (χ3v) is 4.82. The van der Waals surface area contributed by atoms with Crippen molar-refractivity contribution < 1.29 is 19.1 Å². The Hall–Kier alpha value is -2.63. The molecular weight excluding hydrogens is 401 g/mol. The third-order valence-electron chi connectivity index (χ3n) is 4.08. The van der Waals surface area contributed by atoms with E-state index in [1.54, 1.807) is 31.2 Å². The summed E-state index contributed by atoms with van der Waals surface area (Å²) in [7, 11) is 0. The molecular formula is C21H17Cl2NO4. The highest BCUT2D eigenvalue weighted by Crippen LogP contribution is 2.28. The van der Waals surface area contributed by atoms with Crippen LogP contribution in [-0.4, -0.2) is 17.8 Å². The van der Waals surface area contributed by atoms with Crippen molar-refractivity contribution in [2.45, 2.75) is 27.2 Å². The van der Waals surface area contributed by atoms with Crippen LogP contribution in [0.3, 0.4) is 0 Å². The lowest BCUT2D eigenvalue weighted by molar-refractivity contribution is -0.134. The quantitative estimate of drug-likeness (QED) is 0.386. The summed E-state index contributed by atoms with van der Waals surface area (Å²) in [5, 5.41) is 0.750. The molecule has 0 saturated heterocycles. The van der Waals surface area contributed by atoms with E-state index in [0.717, 1.165) is 16.7 Å². The Morgan fingerprint density at radius 3 is 2.43 bits per heavy atom. The highest BCUT2D eigenvalue weighted by Gasteiger charge is 2.24. The Balaban J connectivity index is 1.92. The van der Waals surface area contributed by atoms with Gasteiger partial charge in [-0.1, -0.05) is 30.1 Å². The van der Waals surface area contributed by atoms with Crippen LogP contribution in [0.4, 0.5) is 0 Å². The Morgan fingerprint density at radius 1 is 1.14 bits per heavy atom. The molecule has 0 radical (unpaired) electrons. The average molecular weight is 418 g/mol. The summed E-state index contributed by atoms with van der Waals surface area (Å²) in [5.74, 6) is -0.162. The van der Waals surface area contributed by atoms with E-state index in [1.165, 1.54) is 0 Å². The predicted molar refractivity (Wildman–Crippen MR) is 109 cm³/mol. The molecule has 0 saturated carbocycles. The molecule has 5 nitrogen and oxygen atoms in total. The van der Waals surface area contributed by atoms with Crippen LogP contribution in [0.5, 0.6) is 5.75 Å². The predicted octanol–water partition coefficient (Wildman–Crippen LogP) is 5.27. The first kappa shape index (κ1) is 20.1. The van der Waals surface area contributed by atoms with Crippen molar-refractivity contribution in [1.82, 2.24) is 0 Å². The van der Waals surface area contributed by atoms with Crippen molar-refractivity contribution in [3.05, 3.63) is 68.3 Å².